The summed E-state index contributed by atoms with van der Waals surface area (Å²) >= 11 is 0. The number of benzene rings is 1. The van der Waals surface area contributed by atoms with Crippen LogP contribution in [0, 0.1) is 13.8 Å². The molecule has 0 spiro atoms. The van der Waals surface area contributed by atoms with Crippen LogP contribution < -0.4 is 4.72 Å². The molecule has 3 aromatic rings. The lowest BCUT2D eigenvalue weighted by Gasteiger charge is -2.12. The van der Waals surface area contributed by atoms with Crippen molar-refractivity contribution in [3.63, 3.8) is 0 Å². The van der Waals surface area contributed by atoms with Gasteiger partial charge in [-0.05, 0) is 19.4 Å². The smallest absolute Gasteiger partial charge is 0.435 e. The Kier molecular flexibility index (Phi) is 5.61. The van der Waals surface area contributed by atoms with E-state index in [4.69, 9.17) is 4.42 Å². The first-order valence-corrected chi connectivity index (χ1v) is 10.3. The molecular weight excluding hydrogens is 439 g/mol. The number of nitrogens with zero attached hydrogens (tertiary/aromatic N) is 2. The summed E-state index contributed by atoms with van der Waals surface area (Å²) in [5.74, 6) is -1.51. The van der Waals surface area contributed by atoms with Crippen molar-refractivity contribution in [1.29, 1.82) is 0 Å². The fraction of sp³-hybridized carbons (Fsp3) is 0.263. The minimum Gasteiger partial charge on any atom is -0.465 e. The predicted molar refractivity (Wildman–Crippen MR) is 104 cm³/mol. The fourth-order valence-electron chi connectivity index (χ4n) is 3.22. The topological polar surface area (TPSA) is 103 Å². The number of halogens is 3. The molecule has 0 atom stereocenters. The zero-order valence-corrected chi connectivity index (χ0v) is 17.7. The molecule has 2 heterocycles. The van der Waals surface area contributed by atoms with Gasteiger partial charge in [0, 0.05) is 7.05 Å². The van der Waals surface area contributed by atoms with E-state index in [1.165, 1.54) is 45.2 Å². The summed E-state index contributed by atoms with van der Waals surface area (Å²) < 4.78 is 80.1. The first-order chi connectivity index (χ1) is 14.4. The van der Waals surface area contributed by atoms with Gasteiger partial charge in [0.2, 0.25) is 0 Å². The molecule has 31 heavy (non-hydrogen) atoms. The highest BCUT2D eigenvalue weighted by molar-refractivity contribution is 7.92. The fourth-order valence-corrected chi connectivity index (χ4v) is 4.73. The Balaban J connectivity index is 2.23. The van der Waals surface area contributed by atoms with E-state index in [0.717, 1.165) is 11.8 Å². The minimum absolute atomic E-state index is 0.00556. The summed E-state index contributed by atoms with van der Waals surface area (Å²) in [5.41, 5.74) is -1.94. The van der Waals surface area contributed by atoms with Gasteiger partial charge in [-0.3, -0.25) is 9.40 Å². The number of sulfonamides is 1. The number of hydrogen-bond donors (Lipinski definition) is 1. The van der Waals surface area contributed by atoms with Gasteiger partial charge in [0.1, 0.15) is 27.8 Å². The SMILES string of the molecule is COC(=O)c1c(C)oc(C)c1S(=O)(=O)Nc1c(-c2ccccc2)c(C(F)(F)F)nn1C. The molecule has 0 amide bonds. The van der Waals surface area contributed by atoms with E-state index in [1.54, 1.807) is 6.07 Å². The van der Waals surface area contributed by atoms with E-state index in [1.807, 2.05) is 0 Å². The Bertz CT molecular complexity index is 1250. The lowest BCUT2D eigenvalue weighted by atomic mass is 10.1. The second-order valence-electron chi connectivity index (χ2n) is 6.58. The summed E-state index contributed by atoms with van der Waals surface area (Å²) in [5, 5.41) is 3.49. The van der Waals surface area contributed by atoms with Crippen LogP contribution in [-0.2, 0) is 28.0 Å². The van der Waals surface area contributed by atoms with Gasteiger partial charge >= 0.3 is 12.1 Å². The summed E-state index contributed by atoms with van der Waals surface area (Å²) in [6.07, 6.45) is -4.84. The second kappa shape index (κ2) is 7.76. The summed E-state index contributed by atoms with van der Waals surface area (Å²) in [6, 6.07) is 7.44. The molecule has 166 valence electrons. The van der Waals surface area contributed by atoms with Gasteiger partial charge in [0.15, 0.2) is 5.69 Å². The number of carbonyl (C=O) groups is 1. The van der Waals surface area contributed by atoms with Crippen LogP contribution in [0.4, 0.5) is 19.0 Å². The maximum Gasteiger partial charge on any atom is 0.435 e. The van der Waals surface area contributed by atoms with Crippen LogP contribution in [-0.4, -0.2) is 31.3 Å². The minimum atomic E-state index is -4.84. The standard InChI is InChI=1S/C19H18F3N3O5S/c1-10-13(18(26)29-4)15(11(2)30-10)31(27,28)24-17-14(12-8-6-5-7-9-12)16(19(20,21)22)23-25(17)3/h5-9,24H,1-4H3. The molecule has 1 N–H and O–H groups in total. The third-order valence-corrected chi connectivity index (χ3v) is 5.96. The van der Waals surface area contributed by atoms with Gasteiger partial charge in [-0.2, -0.15) is 18.3 Å². The summed E-state index contributed by atoms with van der Waals surface area (Å²) in [4.78, 5) is 11.6. The second-order valence-corrected chi connectivity index (χ2v) is 8.19. The number of aryl methyl sites for hydroxylation is 3. The number of rotatable bonds is 5. The van der Waals surface area contributed by atoms with Crippen LogP contribution in [0.1, 0.15) is 27.6 Å². The lowest BCUT2D eigenvalue weighted by molar-refractivity contribution is -0.140. The molecule has 0 unspecified atom stereocenters. The molecule has 3 rings (SSSR count). The first kappa shape index (κ1) is 22.4. The van der Waals surface area contributed by atoms with E-state index < -0.39 is 44.1 Å². The average Bonchev–Trinajstić information content (AvgIpc) is 3.18. The number of ether oxygens (including phenoxy) is 1. The number of anilines is 1. The van der Waals surface area contributed by atoms with Gasteiger partial charge in [-0.25, -0.2) is 13.2 Å². The van der Waals surface area contributed by atoms with Crippen molar-refractivity contribution in [2.75, 3.05) is 11.8 Å². The van der Waals surface area contributed by atoms with Crippen molar-refractivity contribution < 1.29 is 35.5 Å². The average molecular weight is 457 g/mol. The highest BCUT2D eigenvalue weighted by Crippen LogP contribution is 2.41. The van der Waals surface area contributed by atoms with E-state index in [0.29, 0.717) is 0 Å². The molecule has 0 bridgehead atoms. The number of aromatic nitrogens is 2. The van der Waals surface area contributed by atoms with E-state index in [-0.39, 0.29) is 22.6 Å². The van der Waals surface area contributed by atoms with Crippen molar-refractivity contribution in [2.45, 2.75) is 24.9 Å². The van der Waals surface area contributed by atoms with Crippen molar-refractivity contribution in [3.8, 4) is 11.1 Å². The third kappa shape index (κ3) is 4.02. The van der Waals surface area contributed by atoms with Gasteiger partial charge < -0.3 is 9.15 Å². The summed E-state index contributed by atoms with van der Waals surface area (Å²) in [6.45, 7) is 2.69. The number of furan rings is 1. The quantitative estimate of drug-likeness (QED) is 0.583. The van der Waals surface area contributed by atoms with Crippen molar-refractivity contribution >= 4 is 21.8 Å². The summed E-state index contributed by atoms with van der Waals surface area (Å²) in [7, 11) is -2.32. The van der Waals surface area contributed by atoms with Gasteiger partial charge in [-0.1, -0.05) is 30.3 Å². The first-order valence-electron chi connectivity index (χ1n) is 8.79. The molecule has 0 saturated heterocycles. The zero-order valence-electron chi connectivity index (χ0n) is 16.9. The van der Waals surface area contributed by atoms with Crippen molar-refractivity contribution in [2.24, 2.45) is 7.05 Å². The van der Waals surface area contributed by atoms with Crippen LogP contribution in [0.25, 0.3) is 11.1 Å². The van der Waals surface area contributed by atoms with Gasteiger partial charge in [-0.15, -0.1) is 0 Å². The molecule has 0 aliphatic carbocycles. The van der Waals surface area contributed by atoms with Crippen LogP contribution >= 0.6 is 0 Å². The van der Waals surface area contributed by atoms with Crippen LogP contribution in [0.2, 0.25) is 0 Å². The van der Waals surface area contributed by atoms with Crippen LogP contribution in [0.5, 0.6) is 0 Å². The maximum atomic E-state index is 13.6. The molecule has 8 nitrogen and oxygen atoms in total. The lowest BCUT2D eigenvalue weighted by Crippen LogP contribution is -2.19. The molecule has 0 aliphatic heterocycles. The van der Waals surface area contributed by atoms with Crippen molar-refractivity contribution in [1.82, 2.24) is 9.78 Å². The van der Waals surface area contributed by atoms with E-state index >= 15 is 0 Å². The Labute approximate surface area is 175 Å². The largest absolute Gasteiger partial charge is 0.465 e. The monoisotopic (exact) mass is 457 g/mol. The Morgan fingerprint density at radius 2 is 1.77 bits per heavy atom. The van der Waals surface area contributed by atoms with Crippen LogP contribution in [0.3, 0.4) is 0 Å². The van der Waals surface area contributed by atoms with E-state index in [9.17, 15) is 26.4 Å². The number of esters is 1. The van der Waals surface area contributed by atoms with E-state index in [2.05, 4.69) is 14.6 Å². The molecule has 1 aromatic carbocycles. The normalized spacial score (nSPS) is 12.1. The molecule has 12 heteroatoms. The number of hydrogen-bond acceptors (Lipinski definition) is 6. The Hall–Kier alpha value is -3.28. The molecule has 0 radical (unpaired) electrons. The zero-order chi connectivity index (χ0) is 23.1. The number of methoxy groups -OCH3 is 1. The molecular formula is C19H18F3N3O5S. The van der Waals surface area contributed by atoms with Crippen molar-refractivity contribution in [3.05, 3.63) is 53.1 Å². The number of carbonyl (C=O) groups excluding carboxylic acids is 1. The highest BCUT2D eigenvalue weighted by atomic mass is 32.2. The number of alkyl halides is 3. The molecule has 0 fully saturated rings. The van der Waals surface area contributed by atoms with Gasteiger partial charge in [0.25, 0.3) is 10.0 Å². The number of nitrogens with one attached hydrogen (secondary N) is 1. The maximum absolute atomic E-state index is 13.6. The van der Waals surface area contributed by atoms with Crippen LogP contribution in [0.15, 0.2) is 39.6 Å². The molecule has 2 aromatic heterocycles. The Morgan fingerprint density at radius 1 is 1.16 bits per heavy atom. The highest BCUT2D eigenvalue weighted by Gasteiger charge is 2.41. The Morgan fingerprint density at radius 3 is 2.32 bits per heavy atom. The molecule has 0 saturated carbocycles. The third-order valence-electron chi connectivity index (χ3n) is 4.47. The van der Waals surface area contributed by atoms with Gasteiger partial charge in [0.05, 0.1) is 12.7 Å². The predicted octanol–water partition coefficient (Wildman–Crippen LogP) is 3.90. The molecule has 0 aliphatic rings.